The molecule has 0 spiro atoms. The second-order valence-electron chi connectivity index (χ2n) is 4.12. The van der Waals surface area contributed by atoms with E-state index in [1.807, 2.05) is 0 Å². The van der Waals surface area contributed by atoms with E-state index >= 15 is 0 Å². The van der Waals surface area contributed by atoms with Gasteiger partial charge < -0.3 is 10.1 Å². The van der Waals surface area contributed by atoms with Crippen LogP contribution >= 0.6 is 11.5 Å². The summed E-state index contributed by atoms with van der Waals surface area (Å²) in [4.78, 5) is 22.1. The van der Waals surface area contributed by atoms with Crippen molar-refractivity contribution in [3.05, 3.63) is 40.8 Å². The summed E-state index contributed by atoms with van der Waals surface area (Å²) in [7, 11) is 0. The maximum Gasteiger partial charge on any atom is 0.427 e. The molecule has 0 radical (unpaired) electrons. The first kappa shape index (κ1) is 16.0. The molecule has 0 saturated carbocycles. The van der Waals surface area contributed by atoms with Crippen molar-refractivity contribution >= 4 is 29.2 Å². The number of benzene rings is 1. The lowest BCUT2D eigenvalue weighted by atomic mass is 10.2. The van der Waals surface area contributed by atoms with Crippen molar-refractivity contribution < 1.29 is 27.5 Å². The van der Waals surface area contributed by atoms with Crippen LogP contribution in [0.1, 0.15) is 22.2 Å². The van der Waals surface area contributed by atoms with Crippen LogP contribution in [0.3, 0.4) is 0 Å². The molecule has 5 nitrogen and oxygen atoms in total. The Bertz CT molecular complexity index is 713. The number of nitrogens with zero attached hydrogens (tertiary/aromatic N) is 1. The number of halogens is 3. The number of hydrogen-bond donors (Lipinski definition) is 1. The van der Waals surface area contributed by atoms with E-state index in [1.54, 1.807) is 6.07 Å². The number of esters is 1. The maximum absolute atomic E-state index is 12.5. The van der Waals surface area contributed by atoms with Crippen molar-refractivity contribution in [2.45, 2.75) is 13.1 Å². The molecule has 0 bridgehead atoms. The number of para-hydroxylation sites is 1. The Labute approximate surface area is 126 Å². The van der Waals surface area contributed by atoms with Crippen molar-refractivity contribution in [2.75, 3.05) is 5.32 Å². The van der Waals surface area contributed by atoms with Crippen LogP contribution in [0.2, 0.25) is 0 Å². The fourth-order valence-electron chi connectivity index (χ4n) is 1.55. The number of alkyl halides is 3. The average Bonchev–Trinajstić information content (AvgIpc) is 2.87. The van der Waals surface area contributed by atoms with Gasteiger partial charge in [0.05, 0.1) is 5.56 Å². The van der Waals surface area contributed by atoms with Gasteiger partial charge in [-0.05, 0) is 23.7 Å². The molecular weight excluding hydrogens is 321 g/mol. The van der Waals surface area contributed by atoms with Gasteiger partial charge in [0.15, 0.2) is 0 Å². The van der Waals surface area contributed by atoms with Gasteiger partial charge in [-0.3, -0.25) is 9.59 Å². The zero-order valence-corrected chi connectivity index (χ0v) is 11.9. The van der Waals surface area contributed by atoms with E-state index in [0.29, 0.717) is 0 Å². The molecule has 0 fully saturated rings. The highest BCUT2D eigenvalue weighted by atomic mass is 32.1. The predicted octanol–water partition coefficient (Wildman–Crippen LogP) is 3.34. The van der Waals surface area contributed by atoms with Gasteiger partial charge in [-0.15, -0.1) is 0 Å². The molecule has 9 heteroatoms. The van der Waals surface area contributed by atoms with Gasteiger partial charge in [-0.25, -0.2) is 0 Å². The average molecular weight is 330 g/mol. The molecule has 116 valence electrons. The lowest BCUT2D eigenvalue weighted by Gasteiger charge is -2.08. The topological polar surface area (TPSA) is 68.3 Å². The fourth-order valence-corrected chi connectivity index (χ4v) is 2.11. The SMILES string of the molecule is CC(=O)Oc1ccccc1C(=O)Nc1cc(C(F)(F)F)sn1. The van der Waals surface area contributed by atoms with Gasteiger partial charge in [0.2, 0.25) is 0 Å². The number of anilines is 1. The molecule has 0 aliphatic rings. The first-order valence-electron chi connectivity index (χ1n) is 5.90. The summed E-state index contributed by atoms with van der Waals surface area (Å²) in [5.41, 5.74) is 0.0132. The summed E-state index contributed by atoms with van der Waals surface area (Å²) >= 11 is 0.233. The molecule has 1 heterocycles. The standard InChI is InChI=1S/C13H9F3N2O3S/c1-7(19)21-9-5-3-2-4-8(9)12(20)17-11-6-10(22-18-11)13(14,15)16/h2-6H,1H3,(H,17,18,20). The molecule has 1 aromatic heterocycles. The summed E-state index contributed by atoms with van der Waals surface area (Å²) in [5, 5.41) is 2.23. The van der Waals surface area contributed by atoms with Crippen LogP contribution in [-0.2, 0) is 11.0 Å². The molecule has 0 aliphatic heterocycles. The number of amides is 1. The van der Waals surface area contributed by atoms with Gasteiger partial charge in [0.1, 0.15) is 16.4 Å². The van der Waals surface area contributed by atoms with Gasteiger partial charge in [-0.2, -0.15) is 17.5 Å². The zero-order chi connectivity index (χ0) is 16.3. The lowest BCUT2D eigenvalue weighted by Crippen LogP contribution is -2.15. The number of aromatic nitrogens is 1. The molecular formula is C13H9F3N2O3S. The number of carbonyl (C=O) groups excluding carboxylic acids is 2. The van der Waals surface area contributed by atoms with Crippen molar-refractivity contribution in [1.29, 1.82) is 0 Å². The molecule has 1 aromatic carbocycles. The van der Waals surface area contributed by atoms with Gasteiger partial charge in [0.25, 0.3) is 5.91 Å². The van der Waals surface area contributed by atoms with E-state index in [9.17, 15) is 22.8 Å². The maximum atomic E-state index is 12.5. The third-order valence-corrected chi connectivity index (χ3v) is 3.25. The number of rotatable bonds is 3. The smallest absolute Gasteiger partial charge is 0.426 e. The lowest BCUT2D eigenvalue weighted by molar-refractivity contribution is -0.134. The fraction of sp³-hybridized carbons (Fsp3) is 0.154. The van der Waals surface area contributed by atoms with Crippen LogP contribution in [0.5, 0.6) is 5.75 Å². The highest BCUT2D eigenvalue weighted by molar-refractivity contribution is 7.06. The molecule has 22 heavy (non-hydrogen) atoms. The molecule has 2 aromatic rings. The van der Waals surface area contributed by atoms with Crippen LogP contribution in [0.4, 0.5) is 19.0 Å². The number of nitrogens with one attached hydrogen (secondary N) is 1. The minimum Gasteiger partial charge on any atom is -0.426 e. The first-order valence-corrected chi connectivity index (χ1v) is 6.67. The van der Waals surface area contributed by atoms with Crippen molar-refractivity contribution in [2.24, 2.45) is 0 Å². The Morgan fingerprint density at radius 3 is 2.55 bits per heavy atom. The number of hydrogen-bond acceptors (Lipinski definition) is 5. The van der Waals surface area contributed by atoms with E-state index in [1.165, 1.54) is 25.1 Å². The number of carbonyl (C=O) groups is 2. The van der Waals surface area contributed by atoms with Crippen LogP contribution < -0.4 is 10.1 Å². The highest BCUT2D eigenvalue weighted by Crippen LogP contribution is 2.34. The van der Waals surface area contributed by atoms with Crippen LogP contribution in [-0.4, -0.2) is 16.3 Å². The monoisotopic (exact) mass is 330 g/mol. The third kappa shape index (κ3) is 3.82. The predicted molar refractivity (Wildman–Crippen MR) is 72.8 cm³/mol. The Kier molecular flexibility index (Phi) is 4.45. The van der Waals surface area contributed by atoms with E-state index in [-0.39, 0.29) is 28.7 Å². The van der Waals surface area contributed by atoms with Crippen molar-refractivity contribution in [1.82, 2.24) is 4.37 Å². The Morgan fingerprint density at radius 1 is 1.27 bits per heavy atom. The second kappa shape index (κ2) is 6.14. The van der Waals surface area contributed by atoms with E-state index in [2.05, 4.69) is 9.69 Å². The Balaban J connectivity index is 2.19. The normalized spacial score (nSPS) is 11.1. The summed E-state index contributed by atoms with van der Waals surface area (Å²) in [5.74, 6) is -1.55. The van der Waals surface area contributed by atoms with Crippen molar-refractivity contribution in [3.8, 4) is 5.75 Å². The molecule has 2 rings (SSSR count). The zero-order valence-electron chi connectivity index (χ0n) is 11.1. The summed E-state index contributed by atoms with van der Waals surface area (Å²) in [6.45, 7) is 1.17. The molecule has 0 aliphatic carbocycles. The molecule has 1 amide bonds. The second-order valence-corrected chi connectivity index (χ2v) is 4.92. The van der Waals surface area contributed by atoms with Crippen LogP contribution in [0.15, 0.2) is 30.3 Å². The summed E-state index contributed by atoms with van der Waals surface area (Å²) in [6.07, 6.45) is -4.52. The largest absolute Gasteiger partial charge is 0.427 e. The van der Waals surface area contributed by atoms with Crippen LogP contribution in [0, 0.1) is 0 Å². The summed E-state index contributed by atoms with van der Waals surface area (Å²) in [6, 6.07) is 6.60. The molecule has 0 unspecified atom stereocenters. The van der Waals surface area contributed by atoms with E-state index in [4.69, 9.17) is 4.74 Å². The Hall–Kier alpha value is -2.42. The summed E-state index contributed by atoms with van der Waals surface area (Å²) < 4.78 is 45.8. The Morgan fingerprint density at radius 2 is 1.95 bits per heavy atom. The first-order chi connectivity index (χ1) is 10.3. The molecule has 1 N–H and O–H groups in total. The van der Waals surface area contributed by atoms with Crippen LogP contribution in [0.25, 0.3) is 0 Å². The van der Waals surface area contributed by atoms with E-state index in [0.717, 1.165) is 6.07 Å². The third-order valence-electron chi connectivity index (χ3n) is 2.42. The molecule has 0 saturated heterocycles. The minimum absolute atomic E-state index is 0.0128. The highest BCUT2D eigenvalue weighted by Gasteiger charge is 2.33. The van der Waals surface area contributed by atoms with Gasteiger partial charge in [0, 0.05) is 13.0 Å². The molecule has 0 atom stereocenters. The number of ether oxygens (including phenoxy) is 1. The quantitative estimate of drug-likeness (QED) is 0.692. The van der Waals surface area contributed by atoms with Gasteiger partial charge >= 0.3 is 12.1 Å². The van der Waals surface area contributed by atoms with Gasteiger partial charge in [-0.1, -0.05) is 12.1 Å². The van der Waals surface area contributed by atoms with E-state index < -0.39 is 22.9 Å². The minimum atomic E-state index is -4.52. The van der Waals surface area contributed by atoms with Crippen molar-refractivity contribution in [3.63, 3.8) is 0 Å².